The van der Waals surface area contributed by atoms with Gasteiger partial charge >= 0.3 is 0 Å². The summed E-state index contributed by atoms with van der Waals surface area (Å²) in [5.74, 6) is 2.91. The highest BCUT2D eigenvalue weighted by atomic mass is 16.6. The lowest BCUT2D eigenvalue weighted by Gasteiger charge is -2.35. The summed E-state index contributed by atoms with van der Waals surface area (Å²) < 4.78 is 13.2. The standard InChI is InChI=1S/C55H37NO2/c1-4-14-38(15-5-1)40-24-30-44(31-25-40)56(45-32-26-41(27-33-45)39-16-6-2-7-17-39)46-34-28-43(29-35-46)55(42-18-8-3-9-19-42)48-21-11-10-20-47(48)53-49(55)36-37-52-54(53)58-51-23-13-12-22-50(51)57-52/h1-37H. The fourth-order valence-electron chi connectivity index (χ4n) is 9.00. The van der Waals surface area contributed by atoms with E-state index < -0.39 is 5.41 Å². The van der Waals surface area contributed by atoms with Crippen molar-refractivity contribution in [1.82, 2.24) is 0 Å². The number of fused-ring (bicyclic) bond motifs is 6. The summed E-state index contributed by atoms with van der Waals surface area (Å²) in [7, 11) is 0. The SMILES string of the molecule is c1ccc(-c2ccc(N(c3ccc(-c4ccccc4)cc3)c3ccc(C4(c5ccccc5)c5ccccc5-c5c4ccc4c5Oc5ccccc5O4)cc3)cc2)cc1. The Kier molecular flexibility index (Phi) is 8.04. The number of nitrogens with zero attached hydrogens (tertiary/aromatic N) is 1. The molecule has 0 radical (unpaired) electrons. The molecule has 0 aromatic heterocycles. The second-order valence-electron chi connectivity index (χ2n) is 14.8. The predicted molar refractivity (Wildman–Crippen MR) is 236 cm³/mol. The van der Waals surface area contributed by atoms with E-state index in [-0.39, 0.29) is 0 Å². The van der Waals surface area contributed by atoms with E-state index in [0.717, 1.165) is 51.2 Å². The van der Waals surface area contributed by atoms with Gasteiger partial charge in [-0.05, 0) is 105 Å². The molecule has 9 aromatic carbocycles. The first-order valence-corrected chi connectivity index (χ1v) is 19.7. The Morgan fingerprint density at radius 1 is 0.310 bits per heavy atom. The summed E-state index contributed by atoms with van der Waals surface area (Å²) in [6.07, 6.45) is 0. The van der Waals surface area contributed by atoms with Crippen molar-refractivity contribution >= 4 is 17.1 Å². The maximum atomic E-state index is 6.73. The lowest BCUT2D eigenvalue weighted by atomic mass is 9.67. The highest BCUT2D eigenvalue weighted by molar-refractivity contribution is 5.92. The number of para-hydroxylation sites is 2. The van der Waals surface area contributed by atoms with Gasteiger partial charge in [0, 0.05) is 22.6 Å². The minimum Gasteiger partial charge on any atom is -0.449 e. The molecule has 0 bridgehead atoms. The summed E-state index contributed by atoms with van der Waals surface area (Å²) in [4.78, 5) is 2.35. The van der Waals surface area contributed by atoms with Crippen LogP contribution in [0.25, 0.3) is 33.4 Å². The van der Waals surface area contributed by atoms with E-state index in [1.54, 1.807) is 0 Å². The molecule has 0 saturated carbocycles. The third-order valence-electron chi connectivity index (χ3n) is 11.6. The number of hydrogen-bond donors (Lipinski definition) is 0. The topological polar surface area (TPSA) is 21.7 Å². The van der Waals surface area contributed by atoms with Gasteiger partial charge in [0.05, 0.1) is 5.41 Å². The molecule has 0 saturated heterocycles. The fourth-order valence-corrected chi connectivity index (χ4v) is 9.00. The van der Waals surface area contributed by atoms with Crippen LogP contribution in [0.1, 0.15) is 22.3 Å². The van der Waals surface area contributed by atoms with Crippen molar-refractivity contribution in [2.75, 3.05) is 4.90 Å². The van der Waals surface area contributed by atoms with Crippen molar-refractivity contribution in [2.24, 2.45) is 0 Å². The van der Waals surface area contributed by atoms with Crippen LogP contribution in [-0.2, 0) is 5.41 Å². The van der Waals surface area contributed by atoms with Crippen LogP contribution >= 0.6 is 0 Å². The first-order chi connectivity index (χ1) is 28.8. The molecule has 274 valence electrons. The number of rotatable bonds is 7. The number of hydrogen-bond acceptors (Lipinski definition) is 3. The van der Waals surface area contributed by atoms with Gasteiger partial charge in [-0.3, -0.25) is 0 Å². The Balaban J connectivity index is 1.06. The zero-order chi connectivity index (χ0) is 38.5. The van der Waals surface area contributed by atoms with Gasteiger partial charge in [-0.25, -0.2) is 0 Å². The van der Waals surface area contributed by atoms with Crippen LogP contribution < -0.4 is 14.4 Å². The van der Waals surface area contributed by atoms with Crippen molar-refractivity contribution in [1.29, 1.82) is 0 Å². The monoisotopic (exact) mass is 743 g/mol. The molecule has 58 heavy (non-hydrogen) atoms. The van der Waals surface area contributed by atoms with Crippen LogP contribution in [0, 0.1) is 0 Å². The smallest absolute Gasteiger partial charge is 0.178 e. The number of benzene rings is 9. The molecule has 3 nitrogen and oxygen atoms in total. The van der Waals surface area contributed by atoms with Crippen molar-refractivity contribution < 1.29 is 9.47 Å². The Hall–Kier alpha value is -7.62. The average Bonchev–Trinajstić information content (AvgIpc) is 3.61. The zero-order valence-electron chi connectivity index (χ0n) is 31.6. The maximum Gasteiger partial charge on any atom is 0.178 e. The molecule has 0 N–H and O–H groups in total. The van der Waals surface area contributed by atoms with Gasteiger partial charge in [-0.15, -0.1) is 0 Å². The van der Waals surface area contributed by atoms with Crippen LogP contribution in [-0.4, -0.2) is 0 Å². The molecule has 9 aromatic rings. The van der Waals surface area contributed by atoms with Gasteiger partial charge in [-0.1, -0.05) is 170 Å². The molecular weight excluding hydrogens is 707 g/mol. The van der Waals surface area contributed by atoms with Crippen molar-refractivity contribution in [3.63, 3.8) is 0 Å². The van der Waals surface area contributed by atoms with E-state index in [2.05, 4.69) is 205 Å². The van der Waals surface area contributed by atoms with E-state index >= 15 is 0 Å². The highest BCUT2D eigenvalue weighted by Crippen LogP contribution is 2.62. The molecule has 0 fully saturated rings. The van der Waals surface area contributed by atoms with Gasteiger partial charge in [-0.2, -0.15) is 0 Å². The summed E-state index contributed by atoms with van der Waals surface area (Å²) in [6, 6.07) is 79.8. The molecule has 1 atom stereocenters. The van der Waals surface area contributed by atoms with E-state index in [4.69, 9.17) is 9.47 Å². The molecule has 0 amide bonds. The van der Waals surface area contributed by atoms with E-state index in [1.807, 2.05) is 24.3 Å². The number of anilines is 3. The molecular formula is C55H37NO2. The zero-order valence-corrected chi connectivity index (χ0v) is 31.6. The first-order valence-electron chi connectivity index (χ1n) is 19.7. The summed E-state index contributed by atoms with van der Waals surface area (Å²) in [5.41, 5.74) is 14.3. The van der Waals surface area contributed by atoms with Crippen molar-refractivity contribution in [3.8, 4) is 56.4 Å². The van der Waals surface area contributed by atoms with Gasteiger partial charge in [0.15, 0.2) is 23.0 Å². The second-order valence-corrected chi connectivity index (χ2v) is 14.8. The summed E-state index contributed by atoms with van der Waals surface area (Å²) >= 11 is 0. The van der Waals surface area contributed by atoms with E-state index in [1.165, 1.54) is 44.5 Å². The molecule has 1 aliphatic heterocycles. The summed E-state index contributed by atoms with van der Waals surface area (Å²) in [6.45, 7) is 0. The van der Waals surface area contributed by atoms with Crippen LogP contribution in [0.15, 0.2) is 224 Å². The molecule has 1 heterocycles. The largest absolute Gasteiger partial charge is 0.449 e. The van der Waals surface area contributed by atoms with Gasteiger partial charge in [0.1, 0.15) is 0 Å². The van der Waals surface area contributed by atoms with Crippen molar-refractivity contribution in [2.45, 2.75) is 5.41 Å². The molecule has 2 aliphatic rings. The molecule has 3 heteroatoms. The second kappa shape index (κ2) is 13.8. The van der Waals surface area contributed by atoms with Gasteiger partial charge in [0.2, 0.25) is 0 Å². The van der Waals surface area contributed by atoms with Crippen molar-refractivity contribution in [3.05, 3.63) is 247 Å². The minimum absolute atomic E-state index is 0.611. The van der Waals surface area contributed by atoms with Gasteiger partial charge in [0.25, 0.3) is 0 Å². The van der Waals surface area contributed by atoms with Crippen LogP contribution in [0.5, 0.6) is 23.0 Å². The maximum absolute atomic E-state index is 6.73. The Bertz CT molecular complexity index is 2820. The lowest BCUT2D eigenvalue weighted by Crippen LogP contribution is -2.28. The van der Waals surface area contributed by atoms with Crippen LogP contribution in [0.4, 0.5) is 17.1 Å². The Labute approximate surface area is 338 Å². The Morgan fingerprint density at radius 2 is 0.759 bits per heavy atom. The normalized spacial score (nSPS) is 14.6. The first kappa shape index (κ1) is 33.7. The molecule has 1 unspecified atom stereocenters. The molecule has 1 aliphatic carbocycles. The lowest BCUT2D eigenvalue weighted by molar-refractivity contribution is 0.360. The quantitative estimate of drug-likeness (QED) is 0.162. The predicted octanol–water partition coefficient (Wildman–Crippen LogP) is 14.8. The Morgan fingerprint density at radius 3 is 1.34 bits per heavy atom. The van der Waals surface area contributed by atoms with E-state index in [9.17, 15) is 0 Å². The molecule has 11 rings (SSSR count). The average molecular weight is 744 g/mol. The fraction of sp³-hybridized carbons (Fsp3) is 0.0182. The van der Waals surface area contributed by atoms with Gasteiger partial charge < -0.3 is 14.4 Å². The van der Waals surface area contributed by atoms with E-state index in [0.29, 0.717) is 0 Å². The third kappa shape index (κ3) is 5.43. The summed E-state index contributed by atoms with van der Waals surface area (Å²) in [5, 5.41) is 0. The third-order valence-corrected chi connectivity index (χ3v) is 11.6. The van der Waals surface area contributed by atoms with Crippen LogP contribution in [0.3, 0.4) is 0 Å². The molecule has 0 spiro atoms. The van der Waals surface area contributed by atoms with Crippen LogP contribution in [0.2, 0.25) is 0 Å². The number of ether oxygens (including phenoxy) is 2. The highest BCUT2D eigenvalue weighted by Gasteiger charge is 2.48. The minimum atomic E-state index is -0.611.